The molecule has 3 fully saturated rings. The first kappa shape index (κ1) is 27.3. The molecule has 4 atom stereocenters. The Labute approximate surface area is 233 Å². The average molecular weight is 571 g/mol. The van der Waals surface area contributed by atoms with Crippen molar-refractivity contribution < 1.29 is 22.0 Å². The van der Waals surface area contributed by atoms with Gasteiger partial charge in [-0.1, -0.05) is 12.1 Å². The Bertz CT molecular complexity index is 1500. The van der Waals surface area contributed by atoms with Crippen LogP contribution in [0, 0.1) is 24.5 Å². The number of sulfone groups is 1. The number of aromatic nitrogens is 2. The zero-order valence-electron chi connectivity index (χ0n) is 22.7. The largest absolute Gasteiger partial charge is 0.349 e. The third-order valence-corrected chi connectivity index (χ3v) is 10.9. The summed E-state index contributed by atoms with van der Waals surface area (Å²) in [5.74, 6) is -0.131. The molecule has 2 bridgehead atoms. The predicted octanol–water partition coefficient (Wildman–Crippen LogP) is 4.86. The number of hydrogen-bond acceptors (Lipinski definition) is 5. The van der Waals surface area contributed by atoms with E-state index in [9.17, 15) is 22.0 Å². The first-order chi connectivity index (χ1) is 19.2. The first-order valence-electron chi connectivity index (χ1n) is 14.3. The van der Waals surface area contributed by atoms with Gasteiger partial charge in [-0.25, -0.2) is 22.2 Å². The molecule has 1 aromatic heterocycles. The molecule has 3 saturated heterocycles. The van der Waals surface area contributed by atoms with Gasteiger partial charge in [0.2, 0.25) is 5.91 Å². The van der Waals surface area contributed by atoms with Crippen molar-refractivity contribution in [3.8, 4) is 0 Å². The summed E-state index contributed by atoms with van der Waals surface area (Å²) in [5, 5.41) is 3.14. The van der Waals surface area contributed by atoms with Gasteiger partial charge in [0.1, 0.15) is 27.3 Å². The zero-order valence-corrected chi connectivity index (χ0v) is 23.5. The van der Waals surface area contributed by atoms with Crippen molar-refractivity contribution in [3.05, 3.63) is 65.5 Å². The molecule has 0 spiro atoms. The van der Waals surface area contributed by atoms with Crippen LogP contribution in [0.1, 0.15) is 68.4 Å². The van der Waals surface area contributed by atoms with Crippen molar-refractivity contribution in [2.45, 2.75) is 76.0 Å². The number of carbonyl (C=O) groups is 1. The van der Waals surface area contributed by atoms with Gasteiger partial charge in [-0.2, -0.15) is 0 Å². The van der Waals surface area contributed by atoms with Crippen molar-refractivity contribution >= 4 is 26.8 Å². The van der Waals surface area contributed by atoms with Crippen LogP contribution in [0.5, 0.6) is 0 Å². The van der Waals surface area contributed by atoms with Gasteiger partial charge in [-0.05, 0) is 81.7 Å². The lowest BCUT2D eigenvalue weighted by atomic mass is 9.94. The summed E-state index contributed by atoms with van der Waals surface area (Å²) in [6.07, 6.45) is 5.48. The predicted molar refractivity (Wildman–Crippen MR) is 149 cm³/mol. The van der Waals surface area contributed by atoms with Gasteiger partial charge in [0.05, 0.1) is 28.6 Å². The fourth-order valence-electron chi connectivity index (χ4n) is 7.24. The molecule has 1 N–H and O–H groups in total. The number of amides is 1. The normalized spacial score (nSPS) is 25.7. The lowest BCUT2D eigenvalue weighted by Gasteiger charge is -2.40. The van der Waals surface area contributed by atoms with Crippen LogP contribution < -0.4 is 5.32 Å². The maximum Gasteiger partial charge on any atom is 0.223 e. The first-order valence-corrected chi connectivity index (χ1v) is 16.1. The molecular weight excluding hydrogens is 534 g/mol. The van der Waals surface area contributed by atoms with Gasteiger partial charge in [0, 0.05) is 36.7 Å². The van der Waals surface area contributed by atoms with E-state index in [1.54, 1.807) is 6.07 Å². The Morgan fingerprint density at radius 1 is 1.00 bits per heavy atom. The van der Waals surface area contributed by atoms with Crippen LogP contribution in [-0.4, -0.2) is 58.9 Å². The second-order valence-corrected chi connectivity index (χ2v) is 14.0. The minimum absolute atomic E-state index is 0.0363. The quantitative estimate of drug-likeness (QED) is 0.439. The third-order valence-electron chi connectivity index (χ3n) is 9.22. The Kier molecular flexibility index (Phi) is 7.41. The number of imidazole rings is 1. The second-order valence-electron chi connectivity index (χ2n) is 11.7. The summed E-state index contributed by atoms with van der Waals surface area (Å²) in [5.41, 5.74) is 2.39. The molecule has 10 heteroatoms. The summed E-state index contributed by atoms with van der Waals surface area (Å²) in [6.45, 7) is 2.76. The molecule has 3 aliphatic rings. The number of aryl methyl sites for hydroxylation is 1. The third kappa shape index (κ3) is 5.52. The molecule has 7 nitrogen and oxygen atoms in total. The molecule has 0 aliphatic carbocycles. The lowest BCUT2D eigenvalue weighted by molar-refractivity contribution is -0.126. The van der Waals surface area contributed by atoms with E-state index in [1.165, 1.54) is 24.3 Å². The number of piperidine rings is 1. The molecule has 0 radical (unpaired) electrons. The van der Waals surface area contributed by atoms with E-state index in [0.29, 0.717) is 42.9 Å². The zero-order chi connectivity index (χ0) is 28.0. The Morgan fingerprint density at radius 3 is 2.40 bits per heavy atom. The fraction of sp³-hybridized carbons (Fsp3) is 0.533. The van der Waals surface area contributed by atoms with E-state index in [4.69, 9.17) is 0 Å². The molecule has 1 amide bonds. The van der Waals surface area contributed by atoms with Crippen LogP contribution in [0.4, 0.5) is 8.78 Å². The van der Waals surface area contributed by atoms with Gasteiger partial charge >= 0.3 is 0 Å². The number of hydrogen-bond donors (Lipinski definition) is 1. The minimum atomic E-state index is -3.06. The van der Waals surface area contributed by atoms with Crippen molar-refractivity contribution in [2.75, 3.05) is 18.1 Å². The summed E-state index contributed by atoms with van der Waals surface area (Å²) in [7, 11) is -3.06. The summed E-state index contributed by atoms with van der Waals surface area (Å²) in [4.78, 5) is 20.3. The van der Waals surface area contributed by atoms with E-state index in [2.05, 4.69) is 19.8 Å². The smallest absolute Gasteiger partial charge is 0.223 e. The van der Waals surface area contributed by atoms with Crippen LogP contribution in [0.3, 0.4) is 0 Å². The second kappa shape index (κ2) is 10.9. The molecule has 4 heterocycles. The molecule has 40 heavy (non-hydrogen) atoms. The van der Waals surface area contributed by atoms with Gasteiger partial charge in [0.15, 0.2) is 0 Å². The van der Waals surface area contributed by atoms with E-state index in [0.717, 1.165) is 49.1 Å². The number of carbonyl (C=O) groups excluding carboxylic acids is 1. The van der Waals surface area contributed by atoms with Gasteiger partial charge in [0.25, 0.3) is 0 Å². The Balaban J connectivity index is 1.15. The molecule has 0 saturated carbocycles. The van der Waals surface area contributed by atoms with E-state index in [-0.39, 0.29) is 41.0 Å². The molecule has 3 aliphatic heterocycles. The van der Waals surface area contributed by atoms with E-state index in [1.807, 2.05) is 19.1 Å². The maximum atomic E-state index is 14.2. The van der Waals surface area contributed by atoms with E-state index >= 15 is 0 Å². The maximum absolute atomic E-state index is 14.2. The fourth-order valence-corrected chi connectivity index (χ4v) is 8.73. The van der Waals surface area contributed by atoms with Crippen molar-refractivity contribution in [2.24, 2.45) is 5.92 Å². The molecular formula is C30H36F2N4O3S. The van der Waals surface area contributed by atoms with Gasteiger partial charge < -0.3 is 9.88 Å². The van der Waals surface area contributed by atoms with Gasteiger partial charge in [-0.3, -0.25) is 9.69 Å². The lowest BCUT2D eigenvalue weighted by Crippen LogP contribution is -2.45. The number of nitrogens with one attached hydrogen (secondary N) is 1. The summed E-state index contributed by atoms with van der Waals surface area (Å²) < 4.78 is 53.9. The van der Waals surface area contributed by atoms with Crippen molar-refractivity contribution in [1.82, 2.24) is 19.8 Å². The number of rotatable bonds is 7. The van der Waals surface area contributed by atoms with Gasteiger partial charge in [-0.15, -0.1) is 0 Å². The topological polar surface area (TPSA) is 84.3 Å². The number of benzene rings is 2. The molecule has 214 valence electrons. The Hall–Kier alpha value is -2.85. The monoisotopic (exact) mass is 570 g/mol. The SMILES string of the molecule is Cc1nc2cc(F)ccc2n1C1C[C@H]2CC[C@@H](C1)N2CC[C@H](NC(=O)C1CCS(=O)(=O)CC1)c1cccc(F)c1. The van der Waals surface area contributed by atoms with E-state index < -0.39 is 9.84 Å². The molecule has 6 rings (SSSR count). The molecule has 2 aromatic carbocycles. The number of fused-ring (bicyclic) bond motifs is 3. The highest BCUT2D eigenvalue weighted by Crippen LogP contribution is 2.42. The minimum Gasteiger partial charge on any atom is -0.349 e. The molecule has 3 aromatic rings. The highest BCUT2D eigenvalue weighted by molar-refractivity contribution is 7.91. The summed E-state index contributed by atoms with van der Waals surface area (Å²) >= 11 is 0. The summed E-state index contributed by atoms with van der Waals surface area (Å²) in [6, 6.07) is 11.9. The van der Waals surface area contributed by atoms with Crippen LogP contribution in [0.25, 0.3) is 11.0 Å². The average Bonchev–Trinajstić information content (AvgIpc) is 3.35. The Morgan fingerprint density at radius 2 is 1.70 bits per heavy atom. The molecule has 1 unspecified atom stereocenters. The van der Waals surface area contributed by atoms with Crippen LogP contribution >= 0.6 is 0 Å². The number of halogens is 2. The van der Waals surface area contributed by atoms with Crippen LogP contribution in [0.15, 0.2) is 42.5 Å². The van der Waals surface area contributed by atoms with Crippen LogP contribution in [0.2, 0.25) is 0 Å². The standard InChI is InChI=1S/C30H36F2N4O3S/c1-19-33-28-16-23(32)5-8-29(28)36(19)26-17-24-6-7-25(18-26)35(24)12-9-27(21-3-2-4-22(31)15-21)34-30(37)20-10-13-40(38,39)14-11-20/h2-5,8,15-16,20,24-27H,6-7,9-14,17-18H2,1H3,(H,34,37)/t24-,25+,26?,27-/m0/s1. The number of nitrogens with zero attached hydrogens (tertiary/aromatic N) is 3. The highest BCUT2D eigenvalue weighted by atomic mass is 32.2. The van der Waals surface area contributed by atoms with Crippen molar-refractivity contribution in [1.29, 1.82) is 0 Å². The van der Waals surface area contributed by atoms with Crippen molar-refractivity contribution in [3.63, 3.8) is 0 Å². The van der Waals surface area contributed by atoms with Crippen LogP contribution in [-0.2, 0) is 14.6 Å². The highest BCUT2D eigenvalue weighted by Gasteiger charge is 2.42.